The first-order chi connectivity index (χ1) is 40.1. The van der Waals surface area contributed by atoms with Crippen LogP contribution in [0.2, 0.25) is 0 Å². The quantitative estimate of drug-likeness (QED) is 0.0797. The molecule has 0 radical (unpaired) electrons. The van der Waals surface area contributed by atoms with E-state index in [9.17, 15) is 105 Å². The largest absolute Gasteiger partial charge is 0.416 e. The topological polar surface area (TPSA) is 13.1 Å². The number of hydrogen-bond acceptors (Lipinski definition) is 1. The third-order valence-corrected chi connectivity index (χ3v) is 14.7. The molecule has 462 valence electrons. The molecule has 0 atom stereocenters. The van der Waals surface area contributed by atoms with E-state index in [0.29, 0.717) is 0 Å². The Balaban J connectivity index is 0.000000271. The summed E-state index contributed by atoms with van der Waals surface area (Å²) in [6.07, 6.45) is -48.1. The minimum Gasteiger partial charge on any atom is -0.405 e. The summed E-state index contributed by atoms with van der Waals surface area (Å²) in [6.45, 7) is 0.775. The van der Waals surface area contributed by atoms with Gasteiger partial charge in [0.05, 0.1) is 50.6 Å². The molecule has 1 heterocycles. The van der Waals surface area contributed by atoms with Crippen LogP contribution in [0.3, 0.4) is 0 Å². The Morgan fingerprint density at radius 3 is 1.00 bits per heavy atom. The van der Waals surface area contributed by atoms with Crippen molar-refractivity contribution in [2.45, 2.75) is 94.0 Å². The fourth-order valence-electron chi connectivity index (χ4n) is 10.7. The zero-order valence-corrected chi connectivity index (χ0v) is 43.9. The molecule has 1 aliphatic carbocycles. The number of benzene rings is 7. The van der Waals surface area contributed by atoms with Gasteiger partial charge in [0, 0.05) is 17.0 Å². The van der Waals surface area contributed by atoms with E-state index in [-0.39, 0.29) is 0 Å². The Kier molecular flexibility index (Phi) is 17.7. The number of fused-ring (bicyclic) bond motifs is 1. The molecule has 1 aliphatic rings. The Hall–Kier alpha value is -7.87. The standard InChI is InChI=1S/C32H12BF24.C28H28NO/c34-25(35,36)13-1-14(26(37,38)39)6-21(5-13)33(22-7-15(27(40,41)42)2-16(8-22)28(43,44)45,23-9-17(29(46,47)48)3-18(10-23)30(49,50)51)24-11-19(31(52,53)54)4-20(12-24)32(55,56)57;1-3-9-22(10-4-1)21-29-27-14-8-7-13-25(27)17-20-28(29)30-26-18-15-24(16-19-26)23-11-5-2-6-12-23/h1-12H;1,3-4,7-10,13-20,23H,2,5-6,11-12,21H2/q-1;+1. The van der Waals surface area contributed by atoms with E-state index in [0.717, 1.165) is 24.1 Å². The van der Waals surface area contributed by atoms with E-state index in [1.54, 1.807) is 0 Å². The van der Waals surface area contributed by atoms with Crippen molar-refractivity contribution in [3.8, 4) is 11.6 Å². The first-order valence-corrected chi connectivity index (χ1v) is 25.7. The van der Waals surface area contributed by atoms with Crippen molar-refractivity contribution < 1.29 is 115 Å². The normalized spacial score (nSPS) is 14.4. The number of para-hydroxylation sites is 1. The molecule has 0 saturated heterocycles. The van der Waals surface area contributed by atoms with Crippen molar-refractivity contribution in [1.82, 2.24) is 0 Å². The summed E-state index contributed by atoms with van der Waals surface area (Å²) in [5.41, 5.74) is -26.3. The van der Waals surface area contributed by atoms with Gasteiger partial charge in [-0.2, -0.15) is 132 Å². The lowest BCUT2D eigenvalue weighted by Gasteiger charge is -2.46. The summed E-state index contributed by atoms with van der Waals surface area (Å²) in [4.78, 5) is 0. The number of halogens is 24. The van der Waals surface area contributed by atoms with Gasteiger partial charge in [-0.3, -0.25) is 0 Å². The van der Waals surface area contributed by atoms with Crippen molar-refractivity contribution in [2.24, 2.45) is 0 Å². The third-order valence-electron chi connectivity index (χ3n) is 14.7. The van der Waals surface area contributed by atoms with Crippen LogP contribution in [-0.2, 0) is 56.0 Å². The SMILES string of the molecule is FC(F)(F)c1cc([B-](c2cc(C(F)(F)F)cc(C(F)(F)F)c2)(c2cc(C(F)(F)F)cc(C(F)(F)F)c2)c2cc(C(F)(F)F)cc(C(F)(F)F)c2)cc(C(F)(F)F)c1.c1ccc(C[n+]2c(Oc3ccc(C4CCCCC4)cc3)ccc3ccccc32)cc1. The first kappa shape index (κ1) is 65.1. The molecule has 1 saturated carbocycles. The highest BCUT2D eigenvalue weighted by atomic mass is 19.4. The van der Waals surface area contributed by atoms with E-state index in [1.807, 2.05) is 0 Å². The van der Waals surface area contributed by atoms with E-state index < -0.39 is 195 Å². The van der Waals surface area contributed by atoms with Crippen LogP contribution in [-0.4, -0.2) is 6.15 Å². The van der Waals surface area contributed by atoms with E-state index >= 15 is 0 Å². The maximum Gasteiger partial charge on any atom is 0.416 e. The lowest BCUT2D eigenvalue weighted by molar-refractivity contribution is -0.666. The summed E-state index contributed by atoms with van der Waals surface area (Å²) in [7, 11) is 0. The van der Waals surface area contributed by atoms with Gasteiger partial charge >= 0.3 is 55.3 Å². The fraction of sp³-hybridized carbons (Fsp3) is 0.250. The van der Waals surface area contributed by atoms with Crippen molar-refractivity contribution in [3.05, 3.63) is 219 Å². The van der Waals surface area contributed by atoms with Crippen molar-refractivity contribution >= 4 is 38.9 Å². The van der Waals surface area contributed by atoms with Crippen LogP contribution in [0, 0.1) is 0 Å². The smallest absolute Gasteiger partial charge is 0.405 e. The van der Waals surface area contributed by atoms with Gasteiger partial charge in [-0.1, -0.05) is 122 Å². The van der Waals surface area contributed by atoms with Gasteiger partial charge in [0.15, 0.2) is 6.54 Å². The summed E-state index contributed by atoms with van der Waals surface area (Å²) < 4.78 is 349. The van der Waals surface area contributed by atoms with Crippen molar-refractivity contribution in [2.75, 3.05) is 0 Å². The lowest BCUT2D eigenvalue weighted by atomic mass is 9.12. The van der Waals surface area contributed by atoms with Crippen LogP contribution >= 0.6 is 0 Å². The second kappa shape index (κ2) is 23.7. The molecule has 7 aromatic carbocycles. The maximum atomic E-state index is 14.2. The molecule has 2 nitrogen and oxygen atoms in total. The molecule has 0 N–H and O–H groups in total. The molecule has 0 spiro atoms. The maximum absolute atomic E-state index is 14.2. The Morgan fingerprint density at radius 1 is 0.345 bits per heavy atom. The Bertz CT molecular complexity index is 3300. The molecule has 8 aromatic rings. The molecule has 0 amide bonds. The minimum absolute atomic E-state index is 0.691. The van der Waals surface area contributed by atoms with Gasteiger partial charge in [0.1, 0.15) is 11.9 Å². The number of nitrogens with zero attached hydrogens (tertiary/aromatic N) is 1. The molecule has 27 heteroatoms. The van der Waals surface area contributed by atoms with Gasteiger partial charge in [0.2, 0.25) is 5.52 Å². The molecule has 0 aliphatic heterocycles. The van der Waals surface area contributed by atoms with E-state index in [1.165, 1.54) is 54.1 Å². The molecule has 87 heavy (non-hydrogen) atoms. The molecule has 1 fully saturated rings. The highest BCUT2D eigenvalue weighted by molar-refractivity contribution is 7.20. The van der Waals surface area contributed by atoms with Crippen molar-refractivity contribution in [3.63, 3.8) is 0 Å². The van der Waals surface area contributed by atoms with Crippen molar-refractivity contribution in [1.29, 1.82) is 0 Å². The number of ether oxygens (including phenoxy) is 1. The predicted molar refractivity (Wildman–Crippen MR) is 272 cm³/mol. The van der Waals surface area contributed by atoms with Gasteiger partial charge in [-0.15, -0.1) is 0 Å². The zero-order chi connectivity index (χ0) is 64.1. The van der Waals surface area contributed by atoms with Gasteiger partial charge in [-0.25, -0.2) is 0 Å². The monoisotopic (exact) mass is 1260 g/mol. The summed E-state index contributed by atoms with van der Waals surface area (Å²) in [5, 5.41) is 1.22. The average molecular weight is 1260 g/mol. The first-order valence-electron chi connectivity index (χ1n) is 25.7. The molecule has 0 bridgehead atoms. The van der Waals surface area contributed by atoms with Gasteiger partial charge < -0.3 is 4.74 Å². The highest BCUT2D eigenvalue weighted by Crippen LogP contribution is 2.42. The summed E-state index contributed by atoms with van der Waals surface area (Å²) in [5.74, 6) is 2.48. The van der Waals surface area contributed by atoms with Crippen LogP contribution in [0.25, 0.3) is 10.9 Å². The number of pyridine rings is 1. The van der Waals surface area contributed by atoms with E-state index in [4.69, 9.17) is 4.74 Å². The molecule has 1 aromatic heterocycles. The number of hydrogen-bond donors (Lipinski definition) is 0. The van der Waals surface area contributed by atoms with E-state index in [2.05, 4.69) is 95.6 Å². The van der Waals surface area contributed by atoms with Crippen LogP contribution in [0.4, 0.5) is 105 Å². The molecular formula is C60H40BF24NO. The van der Waals surface area contributed by atoms with Gasteiger partial charge in [-0.05, 0) is 72.9 Å². The third kappa shape index (κ3) is 14.9. The van der Waals surface area contributed by atoms with Crippen LogP contribution < -0.4 is 31.2 Å². The second-order valence-corrected chi connectivity index (χ2v) is 20.5. The highest BCUT2D eigenvalue weighted by Gasteiger charge is 2.47. The number of alkyl halides is 24. The predicted octanol–water partition coefficient (Wildman–Crippen LogP) is 18.2. The zero-order valence-electron chi connectivity index (χ0n) is 43.9. The summed E-state index contributed by atoms with van der Waals surface area (Å²) >= 11 is 0. The molecule has 0 unspecified atom stereocenters. The molecular weight excluding hydrogens is 1220 g/mol. The minimum atomic E-state index is -6.13. The Morgan fingerprint density at radius 2 is 0.667 bits per heavy atom. The average Bonchev–Trinajstić information content (AvgIpc) is 0.715. The number of rotatable bonds is 9. The molecule has 9 rings (SSSR count). The van der Waals surface area contributed by atoms with Gasteiger partial charge in [0.25, 0.3) is 0 Å². The van der Waals surface area contributed by atoms with Crippen LogP contribution in [0.15, 0.2) is 164 Å². The number of aromatic nitrogens is 1. The lowest BCUT2D eigenvalue weighted by Crippen LogP contribution is -2.75. The van der Waals surface area contributed by atoms with Crippen LogP contribution in [0.1, 0.15) is 93.7 Å². The Labute approximate surface area is 477 Å². The fourth-order valence-corrected chi connectivity index (χ4v) is 10.7. The van der Waals surface area contributed by atoms with Crippen LogP contribution in [0.5, 0.6) is 11.6 Å². The summed E-state index contributed by atoms with van der Waals surface area (Å²) in [6, 6.07) is 23.2. The second-order valence-electron chi connectivity index (χ2n) is 20.5.